The van der Waals surface area contributed by atoms with Crippen molar-refractivity contribution in [2.24, 2.45) is 0 Å². The van der Waals surface area contributed by atoms with Gasteiger partial charge in [0, 0.05) is 31.2 Å². The van der Waals surface area contributed by atoms with Gasteiger partial charge in [0.15, 0.2) is 0 Å². The minimum atomic E-state index is -3.38. The van der Waals surface area contributed by atoms with Crippen LogP contribution in [-0.4, -0.2) is 64.9 Å². The van der Waals surface area contributed by atoms with Crippen molar-refractivity contribution in [3.63, 3.8) is 0 Å². The Hall–Kier alpha value is -2.31. The van der Waals surface area contributed by atoms with Crippen molar-refractivity contribution in [1.29, 1.82) is 0 Å². The molecule has 0 bridgehead atoms. The van der Waals surface area contributed by atoms with Crippen LogP contribution in [0.5, 0.6) is 5.75 Å². The third kappa shape index (κ3) is 5.75. The highest BCUT2D eigenvalue weighted by Gasteiger charge is 2.46. The Morgan fingerprint density at radius 1 is 1.11 bits per heavy atom. The molecule has 2 heterocycles. The molecule has 1 unspecified atom stereocenters. The summed E-state index contributed by atoms with van der Waals surface area (Å²) in [6, 6.07) is 14.4. The summed E-state index contributed by atoms with van der Waals surface area (Å²) in [4.78, 5) is 12.8. The third-order valence-corrected chi connectivity index (χ3v) is 10.4. The van der Waals surface area contributed by atoms with Gasteiger partial charge in [0.2, 0.25) is 10.0 Å². The normalized spacial score (nSPS) is 18.9. The molecule has 2 aromatic carbocycles. The molecule has 35 heavy (non-hydrogen) atoms. The first-order valence-electron chi connectivity index (χ1n) is 11.6. The smallest absolute Gasteiger partial charge is 0.262 e. The average molecular weight is 523 g/mol. The van der Waals surface area contributed by atoms with Crippen molar-refractivity contribution in [2.75, 3.05) is 32.1 Å². The van der Waals surface area contributed by atoms with Crippen molar-refractivity contribution in [1.82, 2.24) is 9.79 Å². The van der Waals surface area contributed by atoms with Crippen molar-refractivity contribution < 1.29 is 32.1 Å². The number of hydrogen-bond acceptors (Lipinski definition) is 7. The number of hydroxylamine groups is 1. The van der Waals surface area contributed by atoms with E-state index in [1.807, 2.05) is 24.3 Å². The average Bonchev–Trinajstić information content (AvgIpc) is 2.90. The van der Waals surface area contributed by atoms with Crippen LogP contribution in [0.15, 0.2) is 53.4 Å². The number of hydrogen-bond donors (Lipinski definition) is 2. The van der Waals surface area contributed by atoms with E-state index >= 15 is 0 Å². The van der Waals surface area contributed by atoms with E-state index < -0.39 is 31.5 Å². The molecule has 2 aliphatic rings. The lowest BCUT2D eigenvalue weighted by molar-refractivity contribution is -0.134. The maximum absolute atomic E-state index is 13.2. The molecular formula is C24H30N2O7S2. The number of amides is 1. The number of carbonyl (C=O) groups excluding carboxylic acids is 1. The van der Waals surface area contributed by atoms with Gasteiger partial charge in [-0.1, -0.05) is 24.3 Å². The van der Waals surface area contributed by atoms with Crippen LogP contribution >= 0.6 is 0 Å². The summed E-state index contributed by atoms with van der Waals surface area (Å²) in [5.74, 6) is -0.168. The summed E-state index contributed by atoms with van der Waals surface area (Å²) in [5.41, 5.74) is 3.90. The van der Waals surface area contributed by atoms with Gasteiger partial charge in [-0.2, -0.15) is 4.31 Å². The minimum absolute atomic E-state index is 0.00186. The van der Waals surface area contributed by atoms with Gasteiger partial charge in [0.05, 0.1) is 23.2 Å². The molecule has 0 aliphatic carbocycles. The molecule has 2 aromatic rings. The summed E-state index contributed by atoms with van der Waals surface area (Å²) in [6.07, 6.45) is 1.53. The largest absolute Gasteiger partial charge is 0.494 e. The van der Waals surface area contributed by atoms with E-state index in [0.29, 0.717) is 36.6 Å². The number of benzene rings is 2. The van der Waals surface area contributed by atoms with Crippen LogP contribution in [-0.2, 0) is 43.3 Å². The number of nitrogens with zero attached hydrogens (tertiary/aromatic N) is 1. The Kier molecular flexibility index (Phi) is 8.23. The van der Waals surface area contributed by atoms with Gasteiger partial charge in [-0.25, -0.2) is 13.9 Å². The quantitative estimate of drug-likeness (QED) is 0.293. The van der Waals surface area contributed by atoms with Crippen molar-refractivity contribution >= 4 is 26.7 Å². The number of carbonyl (C=O) groups is 1. The second kappa shape index (κ2) is 11.2. The van der Waals surface area contributed by atoms with Crippen LogP contribution in [0, 0.1) is 0 Å². The van der Waals surface area contributed by atoms with Crippen LogP contribution in [0.3, 0.4) is 0 Å². The summed E-state index contributed by atoms with van der Waals surface area (Å²) >= 11 is 0. The van der Waals surface area contributed by atoms with Gasteiger partial charge in [0.1, 0.15) is 10.5 Å². The first-order chi connectivity index (χ1) is 16.9. The zero-order valence-corrected chi connectivity index (χ0v) is 21.0. The molecular weight excluding hydrogens is 492 g/mol. The molecule has 2 N–H and O–H groups in total. The third-order valence-electron chi connectivity index (χ3n) is 6.51. The number of sulfonamides is 1. The molecule has 0 aromatic heterocycles. The second-order valence-corrected chi connectivity index (χ2v) is 12.5. The molecule has 0 radical (unpaired) electrons. The summed E-state index contributed by atoms with van der Waals surface area (Å²) in [7, 11) is -5.08. The molecule has 1 saturated heterocycles. The first kappa shape index (κ1) is 25.8. The second-order valence-electron chi connectivity index (χ2n) is 8.66. The standard InChI is InChI=1S/C24H30N2O7S2/c27-23(25-28)24(11-15-32-16-12-24)34(29)22-8-6-21(7-9-22)33-14-3-17-35(30,31)26-13-10-19-4-1-2-5-20(19)18-26/h1-2,4-9,28H,3,10-18H2,(H,25,27). The van der Waals surface area contributed by atoms with Gasteiger partial charge in [-0.15, -0.1) is 0 Å². The van der Waals surface area contributed by atoms with E-state index in [4.69, 9.17) is 14.7 Å². The Balaban J connectivity index is 1.29. The maximum Gasteiger partial charge on any atom is 0.262 e. The highest BCUT2D eigenvalue weighted by molar-refractivity contribution is 7.89. The van der Waals surface area contributed by atoms with E-state index in [-0.39, 0.29) is 38.4 Å². The number of fused-ring (bicyclic) bond motifs is 1. The minimum Gasteiger partial charge on any atom is -0.494 e. The molecule has 4 rings (SSSR count). The van der Waals surface area contributed by atoms with Crippen molar-refractivity contribution in [2.45, 2.75) is 41.9 Å². The van der Waals surface area contributed by atoms with Gasteiger partial charge in [-0.3, -0.25) is 14.2 Å². The molecule has 11 heteroatoms. The maximum atomic E-state index is 13.2. The molecule has 1 fully saturated rings. The Bertz CT molecular complexity index is 1160. The Morgan fingerprint density at radius 2 is 1.80 bits per heavy atom. The first-order valence-corrected chi connectivity index (χ1v) is 14.3. The number of ether oxygens (including phenoxy) is 2. The Morgan fingerprint density at radius 3 is 2.49 bits per heavy atom. The fourth-order valence-electron chi connectivity index (χ4n) is 4.45. The van der Waals surface area contributed by atoms with Crippen LogP contribution < -0.4 is 10.2 Å². The van der Waals surface area contributed by atoms with Gasteiger partial charge >= 0.3 is 0 Å². The van der Waals surface area contributed by atoms with Gasteiger partial charge in [-0.05, 0) is 61.1 Å². The predicted octanol–water partition coefficient (Wildman–Crippen LogP) is 2.01. The topological polar surface area (TPSA) is 122 Å². The predicted molar refractivity (Wildman–Crippen MR) is 130 cm³/mol. The van der Waals surface area contributed by atoms with Crippen LogP contribution in [0.4, 0.5) is 0 Å². The van der Waals surface area contributed by atoms with Crippen LogP contribution in [0.1, 0.15) is 30.4 Å². The summed E-state index contributed by atoms with van der Waals surface area (Å²) in [6.45, 7) is 1.68. The van der Waals surface area contributed by atoms with Crippen molar-refractivity contribution in [3.8, 4) is 5.75 Å². The fourth-order valence-corrected chi connectivity index (χ4v) is 7.48. The van der Waals surface area contributed by atoms with Gasteiger partial charge < -0.3 is 9.47 Å². The molecule has 190 valence electrons. The molecule has 0 saturated carbocycles. The van der Waals surface area contributed by atoms with E-state index in [9.17, 15) is 17.4 Å². The summed E-state index contributed by atoms with van der Waals surface area (Å²) in [5, 5.41) is 9.16. The Labute approximate surface area is 207 Å². The van der Waals surface area contributed by atoms with Crippen LogP contribution in [0.2, 0.25) is 0 Å². The zero-order chi connectivity index (χ0) is 24.9. The number of nitrogens with one attached hydrogen (secondary N) is 1. The van der Waals surface area contributed by atoms with E-state index in [2.05, 4.69) is 0 Å². The van der Waals surface area contributed by atoms with Crippen molar-refractivity contribution in [3.05, 3.63) is 59.7 Å². The monoisotopic (exact) mass is 522 g/mol. The molecule has 1 amide bonds. The lowest BCUT2D eigenvalue weighted by Crippen LogP contribution is -2.52. The molecule has 2 aliphatic heterocycles. The zero-order valence-electron chi connectivity index (χ0n) is 19.4. The highest BCUT2D eigenvalue weighted by atomic mass is 32.2. The summed E-state index contributed by atoms with van der Waals surface area (Å²) < 4.78 is 50.0. The van der Waals surface area contributed by atoms with E-state index in [1.165, 1.54) is 9.87 Å². The molecule has 1 atom stereocenters. The SMILES string of the molecule is O=C(NO)C1(S(=O)c2ccc(OCCCS(=O)(=O)N3CCc4ccccc4C3)cc2)CCOCC1. The lowest BCUT2D eigenvalue weighted by atomic mass is 9.98. The number of rotatable bonds is 9. The molecule has 0 spiro atoms. The highest BCUT2D eigenvalue weighted by Crippen LogP contribution is 2.33. The fraction of sp³-hybridized carbons (Fsp3) is 0.458. The van der Waals surface area contributed by atoms with E-state index in [0.717, 1.165) is 5.56 Å². The lowest BCUT2D eigenvalue weighted by Gasteiger charge is -2.33. The van der Waals surface area contributed by atoms with E-state index in [1.54, 1.807) is 29.7 Å². The van der Waals surface area contributed by atoms with Gasteiger partial charge in [0.25, 0.3) is 5.91 Å². The molecule has 9 nitrogen and oxygen atoms in total. The van der Waals surface area contributed by atoms with Crippen LogP contribution in [0.25, 0.3) is 0 Å².